The number of aromatic nitrogens is 4. The number of benzene rings is 2. The van der Waals surface area contributed by atoms with E-state index < -0.39 is 12.0 Å². The Balaban J connectivity index is 1.26. The molecule has 4 unspecified atom stereocenters. The molecule has 242 valence electrons. The smallest absolute Gasteiger partial charge is 0.319 e. The maximum atomic E-state index is 17.5. The molecular weight excluding hydrogens is 588 g/mol. The summed E-state index contributed by atoms with van der Waals surface area (Å²) in [5.41, 5.74) is 3.57. The predicted octanol–water partition coefficient (Wildman–Crippen LogP) is 5.36. The van der Waals surface area contributed by atoms with Crippen molar-refractivity contribution in [2.75, 3.05) is 37.7 Å². The average molecular weight is 630 g/mol. The van der Waals surface area contributed by atoms with Gasteiger partial charge in [-0.25, -0.2) is 8.78 Å². The zero-order valence-electron chi connectivity index (χ0n) is 26.5. The lowest BCUT2D eigenvalue weighted by Crippen LogP contribution is -2.51. The fourth-order valence-electron chi connectivity index (χ4n) is 9.55. The minimum atomic E-state index is -0.872. The Hall–Kier alpha value is -3.57. The summed E-state index contributed by atoms with van der Waals surface area (Å²) >= 11 is 0. The molecule has 4 aromatic rings. The van der Waals surface area contributed by atoms with Gasteiger partial charge in [0.2, 0.25) is 0 Å². The molecule has 1 aliphatic carbocycles. The Bertz CT molecular complexity index is 1870. The third kappa shape index (κ3) is 4.33. The molecule has 5 aliphatic rings. The third-order valence-electron chi connectivity index (χ3n) is 11.6. The van der Waals surface area contributed by atoms with Crippen molar-refractivity contribution in [3.63, 3.8) is 0 Å². The minimum absolute atomic E-state index is 0.123. The van der Waals surface area contributed by atoms with Gasteiger partial charge in [-0.05, 0) is 86.2 Å². The van der Waals surface area contributed by atoms with Gasteiger partial charge in [-0.2, -0.15) is 15.1 Å². The number of nitrogens with zero attached hydrogens (tertiary/aromatic N) is 6. The van der Waals surface area contributed by atoms with E-state index in [2.05, 4.69) is 22.0 Å². The van der Waals surface area contributed by atoms with Crippen LogP contribution >= 0.6 is 0 Å². The lowest BCUT2D eigenvalue weighted by Gasteiger charge is -2.35. The van der Waals surface area contributed by atoms with Crippen LogP contribution in [0.2, 0.25) is 0 Å². The second-order valence-electron chi connectivity index (χ2n) is 14.4. The van der Waals surface area contributed by atoms with Crippen LogP contribution in [0, 0.1) is 5.82 Å². The molecule has 4 fully saturated rings. The fraction of sp³-hybridized carbons (Fsp3) is 0.571. The van der Waals surface area contributed by atoms with Crippen molar-refractivity contribution in [3.05, 3.63) is 35.3 Å². The molecule has 11 heteroatoms. The number of nitrogens with one attached hydrogen (secondary N) is 1. The zero-order valence-corrected chi connectivity index (χ0v) is 26.5. The van der Waals surface area contributed by atoms with E-state index in [1.165, 1.54) is 0 Å². The number of aryl methyl sites for hydroxylation is 2. The molecule has 9 rings (SSSR count). The highest BCUT2D eigenvalue weighted by atomic mass is 19.1. The second-order valence-corrected chi connectivity index (χ2v) is 14.4. The molecule has 0 spiro atoms. The number of hydrogen-bond acceptors (Lipinski definition) is 8. The highest BCUT2D eigenvalue weighted by Gasteiger charge is 2.49. The molecule has 2 aromatic heterocycles. The van der Waals surface area contributed by atoms with Gasteiger partial charge >= 0.3 is 6.01 Å². The lowest BCUT2D eigenvalue weighted by atomic mass is 9.88. The molecule has 2 aromatic carbocycles. The molecule has 0 radical (unpaired) electrons. The van der Waals surface area contributed by atoms with Crippen LogP contribution in [-0.4, -0.2) is 86.3 Å². The number of halogens is 2. The van der Waals surface area contributed by atoms with E-state index >= 15 is 4.39 Å². The van der Waals surface area contributed by atoms with Crippen LogP contribution in [0.1, 0.15) is 68.9 Å². The van der Waals surface area contributed by atoms with Gasteiger partial charge in [0.25, 0.3) is 0 Å². The molecule has 0 saturated carbocycles. The third-order valence-corrected chi connectivity index (χ3v) is 11.6. The van der Waals surface area contributed by atoms with Gasteiger partial charge in [0.1, 0.15) is 35.4 Å². The average Bonchev–Trinajstić information content (AvgIpc) is 3.84. The van der Waals surface area contributed by atoms with Gasteiger partial charge in [-0.15, -0.1) is 0 Å². The van der Waals surface area contributed by atoms with Crippen LogP contribution in [0.25, 0.3) is 32.9 Å². The molecule has 2 bridgehead atoms. The fourth-order valence-corrected chi connectivity index (χ4v) is 9.55. The minimum Gasteiger partial charge on any atom is -0.508 e. The first-order valence-electron chi connectivity index (χ1n) is 17.1. The molecule has 5 atom stereocenters. The summed E-state index contributed by atoms with van der Waals surface area (Å²) < 4.78 is 40.2. The first kappa shape index (κ1) is 28.6. The van der Waals surface area contributed by atoms with Crippen molar-refractivity contribution in [2.45, 2.75) is 88.0 Å². The highest BCUT2D eigenvalue weighted by molar-refractivity contribution is 6.16. The lowest BCUT2D eigenvalue weighted by molar-refractivity contribution is 0.107. The van der Waals surface area contributed by atoms with Crippen molar-refractivity contribution >= 4 is 27.6 Å². The first-order chi connectivity index (χ1) is 22.3. The summed E-state index contributed by atoms with van der Waals surface area (Å²) in [6.07, 6.45) is 8.31. The SMILES string of the molecule is CCC1CCc2cc(O)cc(-c3c(F)c4nc(OCC56CCCN5C[C@H](F)C6)nc(N5CC6CCC(C5)N6)c4c4cn(C)nc34)c21. The largest absolute Gasteiger partial charge is 0.508 e. The van der Waals surface area contributed by atoms with Crippen molar-refractivity contribution < 1.29 is 18.6 Å². The molecular formula is C35H41F2N7O2. The Kier molecular flexibility index (Phi) is 6.52. The Morgan fingerprint density at radius 2 is 1.93 bits per heavy atom. The van der Waals surface area contributed by atoms with E-state index in [9.17, 15) is 9.50 Å². The number of alkyl halides is 1. The topological polar surface area (TPSA) is 91.6 Å². The van der Waals surface area contributed by atoms with Gasteiger partial charge in [0, 0.05) is 62.3 Å². The summed E-state index contributed by atoms with van der Waals surface area (Å²) in [4.78, 5) is 14.3. The van der Waals surface area contributed by atoms with Crippen molar-refractivity contribution in [1.82, 2.24) is 30.0 Å². The van der Waals surface area contributed by atoms with E-state index in [-0.39, 0.29) is 35.3 Å². The number of phenols is 1. The maximum Gasteiger partial charge on any atom is 0.319 e. The molecule has 0 amide bonds. The number of rotatable bonds is 6. The monoisotopic (exact) mass is 629 g/mol. The standard InChI is InChI=1S/C35H41F2N7O2/c1-3-19-5-6-20-11-24(45)12-25(27(19)20)28-30(37)32-29(26-17-42(2)41-31(26)28)33(43-15-22-7-8-23(16-43)38-22)40-34(39-32)46-18-35-9-4-10-44(35)14-21(36)13-35/h11-12,17,19,21-23,38,45H,3-10,13-16,18H2,1-2H3/t19?,21-,22?,23?,35?/m1/s1. The van der Waals surface area contributed by atoms with E-state index in [4.69, 9.17) is 19.8 Å². The van der Waals surface area contributed by atoms with E-state index in [1.54, 1.807) is 10.7 Å². The van der Waals surface area contributed by atoms with Crippen LogP contribution < -0.4 is 15.0 Å². The van der Waals surface area contributed by atoms with Crippen LogP contribution in [0.4, 0.5) is 14.6 Å². The summed E-state index contributed by atoms with van der Waals surface area (Å²) in [5.74, 6) is 0.577. The van der Waals surface area contributed by atoms with Crippen molar-refractivity contribution in [3.8, 4) is 22.9 Å². The Labute approximate surface area is 266 Å². The highest BCUT2D eigenvalue weighted by Crippen LogP contribution is 2.48. The van der Waals surface area contributed by atoms with E-state index in [0.29, 0.717) is 52.9 Å². The molecule has 4 saturated heterocycles. The number of anilines is 1. The molecule has 4 aliphatic heterocycles. The number of hydrogen-bond donors (Lipinski definition) is 2. The van der Waals surface area contributed by atoms with Gasteiger partial charge in [-0.3, -0.25) is 9.58 Å². The Morgan fingerprint density at radius 1 is 1.11 bits per heavy atom. The van der Waals surface area contributed by atoms with Gasteiger partial charge in [-0.1, -0.05) is 6.92 Å². The number of ether oxygens (including phenoxy) is 1. The molecule has 6 heterocycles. The van der Waals surface area contributed by atoms with Crippen LogP contribution in [-0.2, 0) is 13.5 Å². The maximum absolute atomic E-state index is 17.5. The number of piperazine rings is 1. The molecule has 2 N–H and O–H groups in total. The first-order valence-corrected chi connectivity index (χ1v) is 17.1. The predicted molar refractivity (Wildman–Crippen MR) is 173 cm³/mol. The van der Waals surface area contributed by atoms with Crippen molar-refractivity contribution in [2.24, 2.45) is 7.05 Å². The summed E-state index contributed by atoms with van der Waals surface area (Å²) in [5, 5.41) is 20.8. The number of fused-ring (bicyclic) bond motifs is 7. The number of phenolic OH excluding ortho intramolecular Hbond substituents is 1. The Morgan fingerprint density at radius 3 is 2.74 bits per heavy atom. The summed E-state index contributed by atoms with van der Waals surface area (Å²) in [6, 6.07) is 4.32. The van der Waals surface area contributed by atoms with Gasteiger partial charge in [0.05, 0.1) is 10.9 Å². The summed E-state index contributed by atoms with van der Waals surface area (Å²) in [7, 11) is 1.85. The van der Waals surface area contributed by atoms with Gasteiger partial charge < -0.3 is 20.1 Å². The zero-order chi connectivity index (χ0) is 31.3. The van der Waals surface area contributed by atoms with E-state index in [0.717, 1.165) is 81.1 Å². The van der Waals surface area contributed by atoms with Gasteiger partial charge in [0.15, 0.2) is 5.82 Å². The van der Waals surface area contributed by atoms with E-state index in [1.807, 2.05) is 19.3 Å². The normalized spacial score (nSPS) is 28.9. The van der Waals surface area contributed by atoms with Crippen LogP contribution in [0.15, 0.2) is 18.3 Å². The molecule has 46 heavy (non-hydrogen) atoms. The van der Waals surface area contributed by atoms with Crippen molar-refractivity contribution in [1.29, 1.82) is 0 Å². The summed E-state index contributed by atoms with van der Waals surface area (Å²) in [6.45, 7) is 5.24. The van der Waals surface area contributed by atoms with Crippen LogP contribution in [0.5, 0.6) is 11.8 Å². The number of aromatic hydroxyl groups is 1. The second kappa shape index (κ2) is 10.5. The molecule has 9 nitrogen and oxygen atoms in total. The van der Waals surface area contributed by atoms with Crippen LogP contribution in [0.3, 0.4) is 0 Å². The quantitative estimate of drug-likeness (QED) is 0.295.